The van der Waals surface area contributed by atoms with Crippen molar-refractivity contribution in [2.45, 2.75) is 5.54 Å². The van der Waals surface area contributed by atoms with Crippen molar-refractivity contribution in [3.63, 3.8) is 0 Å². The lowest BCUT2D eigenvalue weighted by molar-refractivity contribution is -0.0569. The molecule has 1 aliphatic rings. The maximum atomic E-state index is 6.01. The van der Waals surface area contributed by atoms with Gasteiger partial charge in [0.05, 0.1) is 18.8 Å². The maximum Gasteiger partial charge on any atom is 0.113 e. The van der Waals surface area contributed by atoms with Gasteiger partial charge >= 0.3 is 0 Å². The minimum absolute atomic E-state index is 0.270. The first kappa shape index (κ1) is 7.83. The molecule has 1 saturated heterocycles. The summed E-state index contributed by atoms with van der Waals surface area (Å²) in [6.07, 6.45) is 0. The van der Waals surface area contributed by atoms with Crippen LogP contribution in [0.5, 0.6) is 0 Å². The number of nitrogens with two attached hydrogens (primary N) is 1. The molecule has 0 unspecified atom stereocenters. The molecule has 1 aliphatic heterocycles. The van der Waals surface area contributed by atoms with Crippen LogP contribution >= 0.6 is 0 Å². The number of benzene rings is 1. The van der Waals surface area contributed by atoms with E-state index in [-0.39, 0.29) is 5.54 Å². The third kappa shape index (κ3) is 1.15. The lowest BCUT2D eigenvalue weighted by Crippen LogP contribution is -2.54. The highest BCUT2D eigenvalue weighted by Gasteiger charge is 2.35. The standard InChI is InChI=1S/C9H10BNO/c10-8-3-1-7(2-4-8)9(11)5-12-6-9/h1-4H,5-6,11H2. The Labute approximate surface area is 73.1 Å². The van der Waals surface area contributed by atoms with E-state index in [1.54, 1.807) is 0 Å². The van der Waals surface area contributed by atoms with Crippen LogP contribution in [-0.2, 0) is 10.3 Å². The SMILES string of the molecule is [B]c1ccc(C2(N)COC2)cc1. The van der Waals surface area contributed by atoms with Crippen molar-refractivity contribution in [1.82, 2.24) is 0 Å². The Kier molecular flexibility index (Phi) is 1.70. The molecular formula is C9H10BNO. The molecule has 0 bridgehead atoms. The summed E-state index contributed by atoms with van der Waals surface area (Å²) < 4.78 is 5.07. The topological polar surface area (TPSA) is 35.2 Å². The molecular weight excluding hydrogens is 149 g/mol. The molecule has 2 N–H and O–H groups in total. The summed E-state index contributed by atoms with van der Waals surface area (Å²) in [5.74, 6) is 0. The Hall–Kier alpha value is -0.795. The Morgan fingerprint density at radius 1 is 1.25 bits per heavy atom. The number of hydrogen-bond acceptors (Lipinski definition) is 2. The monoisotopic (exact) mass is 159 g/mol. The van der Waals surface area contributed by atoms with Crippen molar-refractivity contribution in [3.8, 4) is 0 Å². The van der Waals surface area contributed by atoms with E-state index in [1.165, 1.54) is 0 Å². The van der Waals surface area contributed by atoms with Gasteiger partial charge in [0.25, 0.3) is 0 Å². The Morgan fingerprint density at radius 3 is 2.25 bits per heavy atom. The molecule has 2 radical (unpaired) electrons. The first-order valence-electron chi connectivity index (χ1n) is 3.93. The molecule has 2 rings (SSSR count). The van der Waals surface area contributed by atoms with Gasteiger partial charge in [-0.3, -0.25) is 0 Å². The summed E-state index contributed by atoms with van der Waals surface area (Å²) >= 11 is 0. The van der Waals surface area contributed by atoms with E-state index in [0.29, 0.717) is 13.2 Å². The molecule has 1 aromatic carbocycles. The fourth-order valence-corrected chi connectivity index (χ4v) is 1.30. The van der Waals surface area contributed by atoms with Gasteiger partial charge in [-0.1, -0.05) is 29.7 Å². The fraction of sp³-hybridized carbons (Fsp3) is 0.333. The van der Waals surface area contributed by atoms with E-state index in [1.807, 2.05) is 24.3 Å². The number of hydrogen-bond donors (Lipinski definition) is 1. The van der Waals surface area contributed by atoms with Gasteiger partial charge in [0.2, 0.25) is 0 Å². The van der Waals surface area contributed by atoms with Crippen molar-refractivity contribution in [3.05, 3.63) is 29.8 Å². The van der Waals surface area contributed by atoms with E-state index in [9.17, 15) is 0 Å². The Morgan fingerprint density at radius 2 is 1.83 bits per heavy atom. The Bertz CT molecular complexity index is 279. The van der Waals surface area contributed by atoms with E-state index in [0.717, 1.165) is 11.0 Å². The van der Waals surface area contributed by atoms with Crippen LogP contribution in [0.25, 0.3) is 0 Å². The molecule has 0 spiro atoms. The lowest BCUT2D eigenvalue weighted by atomic mass is 9.86. The van der Waals surface area contributed by atoms with E-state index >= 15 is 0 Å². The summed E-state index contributed by atoms with van der Waals surface area (Å²) in [6, 6.07) is 7.64. The van der Waals surface area contributed by atoms with Gasteiger partial charge in [-0.2, -0.15) is 0 Å². The van der Waals surface area contributed by atoms with E-state index in [4.69, 9.17) is 18.3 Å². The molecule has 2 nitrogen and oxygen atoms in total. The van der Waals surface area contributed by atoms with Crippen LogP contribution in [0.15, 0.2) is 24.3 Å². The van der Waals surface area contributed by atoms with Crippen LogP contribution < -0.4 is 11.2 Å². The molecule has 1 aromatic rings. The molecule has 3 heteroatoms. The molecule has 12 heavy (non-hydrogen) atoms. The molecule has 0 amide bonds. The summed E-state index contributed by atoms with van der Waals surface area (Å²) in [6.45, 7) is 1.22. The van der Waals surface area contributed by atoms with Crippen molar-refractivity contribution in [2.24, 2.45) is 5.73 Å². The highest BCUT2D eigenvalue weighted by molar-refractivity contribution is 6.32. The van der Waals surface area contributed by atoms with Gasteiger partial charge < -0.3 is 10.5 Å². The minimum atomic E-state index is -0.270. The largest absolute Gasteiger partial charge is 0.377 e. The van der Waals surface area contributed by atoms with Crippen LogP contribution in [0, 0.1) is 0 Å². The second-order valence-corrected chi connectivity index (χ2v) is 3.27. The van der Waals surface area contributed by atoms with Crippen LogP contribution in [-0.4, -0.2) is 21.1 Å². The van der Waals surface area contributed by atoms with Gasteiger partial charge in [-0.25, -0.2) is 0 Å². The number of ether oxygens (including phenoxy) is 1. The zero-order chi connectivity index (χ0) is 8.60. The molecule has 0 aliphatic carbocycles. The molecule has 1 fully saturated rings. The third-order valence-electron chi connectivity index (χ3n) is 2.20. The summed E-state index contributed by atoms with van der Waals surface area (Å²) in [7, 11) is 5.56. The Balaban J connectivity index is 2.28. The zero-order valence-electron chi connectivity index (χ0n) is 6.79. The molecule has 1 heterocycles. The van der Waals surface area contributed by atoms with Gasteiger partial charge in [0.1, 0.15) is 7.85 Å². The van der Waals surface area contributed by atoms with Crippen LogP contribution in [0.3, 0.4) is 0 Å². The fourth-order valence-electron chi connectivity index (χ4n) is 1.30. The molecule has 0 aromatic heterocycles. The van der Waals surface area contributed by atoms with Gasteiger partial charge in [-0.15, -0.1) is 0 Å². The first-order chi connectivity index (χ1) is 5.71. The highest BCUT2D eigenvalue weighted by atomic mass is 16.5. The van der Waals surface area contributed by atoms with Crippen molar-refractivity contribution < 1.29 is 4.74 Å². The summed E-state index contributed by atoms with van der Waals surface area (Å²) in [5, 5.41) is 0. The average Bonchev–Trinajstić information content (AvgIpc) is 2.02. The van der Waals surface area contributed by atoms with Crippen molar-refractivity contribution >= 4 is 13.3 Å². The smallest absolute Gasteiger partial charge is 0.113 e. The normalized spacial score (nSPS) is 20.1. The van der Waals surface area contributed by atoms with Gasteiger partial charge in [-0.05, 0) is 5.56 Å². The first-order valence-corrected chi connectivity index (χ1v) is 3.93. The van der Waals surface area contributed by atoms with E-state index in [2.05, 4.69) is 0 Å². The lowest BCUT2D eigenvalue weighted by Gasteiger charge is -2.38. The van der Waals surface area contributed by atoms with Crippen LogP contribution in [0.1, 0.15) is 5.56 Å². The average molecular weight is 159 g/mol. The third-order valence-corrected chi connectivity index (χ3v) is 2.20. The second kappa shape index (κ2) is 2.61. The molecule has 0 saturated carbocycles. The van der Waals surface area contributed by atoms with Gasteiger partial charge in [0, 0.05) is 0 Å². The zero-order valence-corrected chi connectivity index (χ0v) is 6.79. The van der Waals surface area contributed by atoms with Crippen LogP contribution in [0.4, 0.5) is 0 Å². The predicted octanol–water partition coefficient (Wildman–Crippen LogP) is -0.335. The van der Waals surface area contributed by atoms with Crippen molar-refractivity contribution in [2.75, 3.05) is 13.2 Å². The van der Waals surface area contributed by atoms with Gasteiger partial charge in [0.15, 0.2) is 0 Å². The van der Waals surface area contributed by atoms with Crippen LogP contribution in [0.2, 0.25) is 0 Å². The molecule has 60 valence electrons. The minimum Gasteiger partial charge on any atom is -0.377 e. The summed E-state index contributed by atoms with van der Waals surface area (Å²) in [5.41, 5.74) is 7.60. The highest BCUT2D eigenvalue weighted by Crippen LogP contribution is 2.25. The second-order valence-electron chi connectivity index (χ2n) is 3.27. The number of rotatable bonds is 1. The quantitative estimate of drug-likeness (QED) is 0.569. The van der Waals surface area contributed by atoms with E-state index < -0.39 is 0 Å². The predicted molar refractivity (Wildman–Crippen MR) is 48.5 cm³/mol. The maximum absolute atomic E-state index is 6.01. The van der Waals surface area contributed by atoms with Crippen molar-refractivity contribution in [1.29, 1.82) is 0 Å². The summed E-state index contributed by atoms with van der Waals surface area (Å²) in [4.78, 5) is 0. The molecule has 0 atom stereocenters.